The summed E-state index contributed by atoms with van der Waals surface area (Å²) < 4.78 is 5.23. The molecular formula is C14H12ClNO2. The topological polar surface area (TPSA) is 52.3 Å². The number of hydrogen-bond donors (Lipinski definition) is 1. The first-order valence-corrected chi connectivity index (χ1v) is 5.82. The number of carbonyl (C=O) groups excluding carboxylic acids is 1. The lowest BCUT2D eigenvalue weighted by Gasteiger charge is -2.08. The molecule has 18 heavy (non-hydrogen) atoms. The van der Waals surface area contributed by atoms with Gasteiger partial charge in [0.1, 0.15) is 12.5 Å². The summed E-state index contributed by atoms with van der Waals surface area (Å²) in [6, 6.07) is 13.7. The molecule has 0 atom stereocenters. The summed E-state index contributed by atoms with van der Waals surface area (Å²) in [7, 11) is 0. The van der Waals surface area contributed by atoms with E-state index in [-0.39, 0.29) is 12.5 Å². The highest BCUT2D eigenvalue weighted by molar-refractivity contribution is 6.30. The van der Waals surface area contributed by atoms with Gasteiger partial charge in [-0.05, 0) is 36.4 Å². The fourth-order valence-corrected chi connectivity index (χ4v) is 1.75. The molecule has 0 unspecified atom stereocenters. The van der Waals surface area contributed by atoms with Gasteiger partial charge in [-0.1, -0.05) is 23.7 Å². The monoisotopic (exact) mass is 261 g/mol. The van der Waals surface area contributed by atoms with E-state index < -0.39 is 0 Å². The molecule has 2 rings (SSSR count). The first-order valence-electron chi connectivity index (χ1n) is 5.44. The molecule has 0 saturated carbocycles. The molecular weight excluding hydrogens is 250 g/mol. The average Bonchev–Trinajstić information content (AvgIpc) is 2.40. The predicted molar refractivity (Wildman–Crippen MR) is 71.0 cm³/mol. The molecule has 4 heteroatoms. The smallest absolute Gasteiger partial charge is 0.196 e. The number of hydrogen-bond acceptors (Lipinski definition) is 3. The lowest BCUT2D eigenvalue weighted by atomic mass is 10.0. The Bertz CT molecular complexity index is 552. The number of para-hydroxylation sites is 1. The lowest BCUT2D eigenvalue weighted by Crippen LogP contribution is -2.11. The normalized spacial score (nSPS) is 10.1. The maximum absolute atomic E-state index is 12.3. The molecule has 3 nitrogen and oxygen atoms in total. The molecule has 0 amide bonds. The number of ether oxygens (including phenoxy) is 1. The van der Waals surface area contributed by atoms with Crippen LogP contribution in [0.5, 0.6) is 5.75 Å². The van der Waals surface area contributed by atoms with Gasteiger partial charge in [-0.25, -0.2) is 0 Å². The minimum absolute atomic E-state index is 0.0326. The van der Waals surface area contributed by atoms with Crippen molar-refractivity contribution in [2.45, 2.75) is 0 Å². The van der Waals surface area contributed by atoms with Crippen LogP contribution in [-0.4, -0.2) is 12.5 Å². The third-order valence-electron chi connectivity index (χ3n) is 2.48. The largest absolute Gasteiger partial charge is 0.478 e. The van der Waals surface area contributed by atoms with Crippen molar-refractivity contribution >= 4 is 17.4 Å². The second-order valence-corrected chi connectivity index (χ2v) is 4.08. The van der Waals surface area contributed by atoms with Gasteiger partial charge in [-0.15, -0.1) is 0 Å². The summed E-state index contributed by atoms with van der Waals surface area (Å²) >= 11 is 5.79. The van der Waals surface area contributed by atoms with E-state index in [1.807, 2.05) is 0 Å². The zero-order chi connectivity index (χ0) is 13.0. The van der Waals surface area contributed by atoms with Crippen LogP contribution in [0.4, 0.5) is 0 Å². The Hall–Kier alpha value is -1.84. The van der Waals surface area contributed by atoms with Gasteiger partial charge in [-0.3, -0.25) is 10.5 Å². The molecule has 0 radical (unpaired) electrons. The van der Waals surface area contributed by atoms with Crippen LogP contribution in [0.15, 0.2) is 48.5 Å². The van der Waals surface area contributed by atoms with E-state index in [0.717, 1.165) is 0 Å². The van der Waals surface area contributed by atoms with E-state index in [0.29, 0.717) is 21.9 Å². The maximum atomic E-state index is 12.3. The van der Waals surface area contributed by atoms with Crippen LogP contribution in [0.1, 0.15) is 15.9 Å². The standard InChI is InChI=1S/C14H12ClNO2/c15-11-7-5-10(6-8-11)14(17)12-3-1-2-4-13(12)18-9-16/h1-8H,9,16H2. The number of carbonyl (C=O) groups is 1. The number of nitrogens with two attached hydrogens (primary N) is 1. The molecule has 0 spiro atoms. The number of ketones is 1. The third-order valence-corrected chi connectivity index (χ3v) is 2.73. The molecule has 0 saturated heterocycles. The highest BCUT2D eigenvalue weighted by atomic mass is 35.5. The predicted octanol–water partition coefficient (Wildman–Crippen LogP) is 2.87. The SMILES string of the molecule is NCOc1ccccc1C(=O)c1ccc(Cl)cc1. The Labute approximate surface area is 110 Å². The van der Waals surface area contributed by atoms with E-state index in [1.165, 1.54) is 0 Å². The second-order valence-electron chi connectivity index (χ2n) is 3.64. The maximum Gasteiger partial charge on any atom is 0.196 e. The van der Waals surface area contributed by atoms with Gasteiger partial charge in [-0.2, -0.15) is 0 Å². The third kappa shape index (κ3) is 2.70. The van der Waals surface area contributed by atoms with Gasteiger partial charge >= 0.3 is 0 Å². The van der Waals surface area contributed by atoms with E-state index in [1.54, 1.807) is 48.5 Å². The minimum Gasteiger partial charge on any atom is -0.478 e. The molecule has 92 valence electrons. The zero-order valence-corrected chi connectivity index (χ0v) is 10.4. The summed E-state index contributed by atoms with van der Waals surface area (Å²) in [4.78, 5) is 12.3. The van der Waals surface area contributed by atoms with Crippen LogP contribution < -0.4 is 10.5 Å². The van der Waals surface area contributed by atoms with Gasteiger partial charge < -0.3 is 4.74 Å². The minimum atomic E-state index is -0.115. The van der Waals surface area contributed by atoms with Gasteiger partial charge in [0.25, 0.3) is 0 Å². The summed E-state index contributed by atoms with van der Waals surface area (Å²) in [6.45, 7) is 0.0326. The zero-order valence-electron chi connectivity index (χ0n) is 9.60. The van der Waals surface area contributed by atoms with Crippen molar-refractivity contribution in [3.63, 3.8) is 0 Å². The van der Waals surface area contributed by atoms with Crippen molar-refractivity contribution < 1.29 is 9.53 Å². The Morgan fingerprint density at radius 1 is 1.11 bits per heavy atom. The van der Waals surface area contributed by atoms with Crippen molar-refractivity contribution in [2.75, 3.05) is 6.73 Å². The first-order chi connectivity index (χ1) is 8.72. The average molecular weight is 262 g/mol. The Balaban J connectivity index is 2.36. The molecule has 0 bridgehead atoms. The van der Waals surface area contributed by atoms with Crippen LogP contribution in [0.3, 0.4) is 0 Å². The van der Waals surface area contributed by atoms with Crippen LogP contribution in [-0.2, 0) is 0 Å². The van der Waals surface area contributed by atoms with Gasteiger partial charge in [0.2, 0.25) is 0 Å². The van der Waals surface area contributed by atoms with Gasteiger partial charge in [0.05, 0.1) is 5.56 Å². The molecule has 0 fully saturated rings. The van der Waals surface area contributed by atoms with Gasteiger partial charge in [0, 0.05) is 10.6 Å². The van der Waals surface area contributed by atoms with Crippen molar-refractivity contribution in [1.82, 2.24) is 0 Å². The fraction of sp³-hybridized carbons (Fsp3) is 0.0714. The van der Waals surface area contributed by atoms with Crippen LogP contribution in [0.25, 0.3) is 0 Å². The summed E-state index contributed by atoms with van der Waals surface area (Å²) in [5, 5.41) is 0.595. The molecule has 0 aliphatic carbocycles. The Kier molecular flexibility index (Phi) is 3.97. The van der Waals surface area contributed by atoms with E-state index >= 15 is 0 Å². The van der Waals surface area contributed by atoms with E-state index in [4.69, 9.17) is 22.1 Å². The summed E-state index contributed by atoms with van der Waals surface area (Å²) in [6.07, 6.45) is 0. The first kappa shape index (κ1) is 12.6. The molecule has 0 aliphatic heterocycles. The highest BCUT2D eigenvalue weighted by Crippen LogP contribution is 2.22. The lowest BCUT2D eigenvalue weighted by molar-refractivity contribution is 0.103. The second kappa shape index (κ2) is 5.67. The molecule has 2 aromatic carbocycles. The van der Waals surface area contributed by atoms with E-state index in [9.17, 15) is 4.79 Å². The fourth-order valence-electron chi connectivity index (χ4n) is 1.63. The molecule has 0 heterocycles. The summed E-state index contributed by atoms with van der Waals surface area (Å²) in [5.74, 6) is 0.371. The quantitative estimate of drug-likeness (QED) is 0.680. The Morgan fingerprint density at radius 3 is 2.44 bits per heavy atom. The Morgan fingerprint density at radius 2 is 1.78 bits per heavy atom. The van der Waals surface area contributed by atoms with Crippen molar-refractivity contribution in [3.8, 4) is 5.75 Å². The van der Waals surface area contributed by atoms with Crippen LogP contribution in [0.2, 0.25) is 5.02 Å². The molecule has 2 N–H and O–H groups in total. The van der Waals surface area contributed by atoms with Crippen molar-refractivity contribution in [1.29, 1.82) is 0 Å². The van der Waals surface area contributed by atoms with Gasteiger partial charge in [0.15, 0.2) is 5.78 Å². The number of benzene rings is 2. The summed E-state index contributed by atoms with van der Waals surface area (Å²) in [5.41, 5.74) is 6.39. The number of rotatable bonds is 4. The number of halogens is 1. The molecule has 0 aliphatic rings. The highest BCUT2D eigenvalue weighted by Gasteiger charge is 2.13. The van der Waals surface area contributed by atoms with Crippen molar-refractivity contribution in [2.24, 2.45) is 5.73 Å². The van der Waals surface area contributed by atoms with Crippen molar-refractivity contribution in [3.05, 3.63) is 64.7 Å². The molecule has 2 aromatic rings. The van der Waals surface area contributed by atoms with Crippen LogP contribution in [0, 0.1) is 0 Å². The van der Waals surface area contributed by atoms with E-state index in [2.05, 4.69) is 0 Å². The van der Waals surface area contributed by atoms with Crippen LogP contribution >= 0.6 is 11.6 Å². The molecule has 0 aromatic heterocycles.